The Morgan fingerprint density at radius 2 is 1.54 bits per heavy atom. The van der Waals surface area contributed by atoms with Gasteiger partial charge in [-0.1, -0.05) is 6.07 Å². The molecule has 0 spiro atoms. The van der Waals surface area contributed by atoms with Gasteiger partial charge < -0.3 is 24.3 Å². The molecule has 0 atom stereocenters. The maximum Gasteiger partial charge on any atom is 0.251 e. The molecule has 0 bridgehead atoms. The van der Waals surface area contributed by atoms with E-state index in [1.54, 1.807) is 18.2 Å². The molecule has 2 aromatic rings. The van der Waals surface area contributed by atoms with Crippen molar-refractivity contribution in [3.8, 4) is 23.0 Å². The van der Waals surface area contributed by atoms with Crippen LogP contribution in [0.1, 0.15) is 22.3 Å². The van der Waals surface area contributed by atoms with Gasteiger partial charge in [0.2, 0.25) is 13.6 Å². The summed E-state index contributed by atoms with van der Waals surface area (Å²) >= 11 is 0. The van der Waals surface area contributed by atoms with E-state index in [4.69, 9.17) is 18.9 Å². The summed E-state index contributed by atoms with van der Waals surface area (Å²) in [6.07, 6.45) is 1.70. The Kier molecular flexibility index (Phi) is 3.86. The van der Waals surface area contributed by atoms with Crippen molar-refractivity contribution >= 4 is 5.91 Å². The van der Waals surface area contributed by atoms with Crippen LogP contribution in [0.5, 0.6) is 23.0 Å². The van der Waals surface area contributed by atoms with Crippen molar-refractivity contribution in [3.05, 3.63) is 47.5 Å². The Balaban J connectivity index is 1.27. The lowest BCUT2D eigenvalue weighted by atomic mass is 10.1. The van der Waals surface area contributed by atoms with E-state index < -0.39 is 0 Å². The average Bonchev–Trinajstić information content (AvgIpc) is 3.25. The van der Waals surface area contributed by atoms with E-state index in [0.717, 1.165) is 29.9 Å². The van der Waals surface area contributed by atoms with E-state index in [-0.39, 0.29) is 19.5 Å². The van der Waals surface area contributed by atoms with Gasteiger partial charge in [-0.25, -0.2) is 0 Å². The van der Waals surface area contributed by atoms with E-state index in [0.29, 0.717) is 23.6 Å². The van der Waals surface area contributed by atoms with E-state index in [1.165, 1.54) is 0 Å². The number of aryl methyl sites for hydroxylation is 1. The van der Waals surface area contributed by atoms with Gasteiger partial charge in [-0.2, -0.15) is 0 Å². The lowest BCUT2D eigenvalue weighted by Gasteiger charge is -2.07. The summed E-state index contributed by atoms with van der Waals surface area (Å²) in [5.74, 6) is 2.75. The molecule has 1 amide bonds. The van der Waals surface area contributed by atoms with Crippen LogP contribution in [0.4, 0.5) is 0 Å². The molecule has 6 nitrogen and oxygen atoms in total. The molecule has 24 heavy (non-hydrogen) atoms. The van der Waals surface area contributed by atoms with Gasteiger partial charge in [0.1, 0.15) is 0 Å². The molecular weight excluding hydrogens is 310 g/mol. The quantitative estimate of drug-likeness (QED) is 0.855. The molecule has 2 aromatic carbocycles. The van der Waals surface area contributed by atoms with Crippen LogP contribution in [-0.4, -0.2) is 26.0 Å². The van der Waals surface area contributed by atoms with Gasteiger partial charge in [0, 0.05) is 12.1 Å². The van der Waals surface area contributed by atoms with Crippen LogP contribution in [0.15, 0.2) is 36.4 Å². The zero-order valence-corrected chi connectivity index (χ0v) is 13.0. The molecule has 0 saturated carbocycles. The number of carbonyl (C=O) groups excluding carboxylic acids is 1. The van der Waals surface area contributed by atoms with Crippen molar-refractivity contribution in [3.63, 3.8) is 0 Å². The monoisotopic (exact) mass is 327 g/mol. The molecule has 124 valence electrons. The first-order valence-corrected chi connectivity index (χ1v) is 7.86. The number of hydrogen-bond acceptors (Lipinski definition) is 5. The second kappa shape index (κ2) is 6.31. The minimum Gasteiger partial charge on any atom is -0.454 e. The lowest BCUT2D eigenvalue weighted by Crippen LogP contribution is -2.24. The van der Waals surface area contributed by atoms with Gasteiger partial charge in [-0.3, -0.25) is 4.79 Å². The Bertz CT molecular complexity index is 774. The zero-order valence-electron chi connectivity index (χ0n) is 13.0. The van der Waals surface area contributed by atoms with Crippen LogP contribution >= 0.6 is 0 Å². The largest absolute Gasteiger partial charge is 0.454 e. The highest BCUT2D eigenvalue weighted by Crippen LogP contribution is 2.33. The van der Waals surface area contributed by atoms with Gasteiger partial charge in [0.15, 0.2) is 23.0 Å². The van der Waals surface area contributed by atoms with Crippen LogP contribution in [-0.2, 0) is 6.42 Å². The molecule has 2 heterocycles. The van der Waals surface area contributed by atoms with Crippen molar-refractivity contribution in [2.75, 3.05) is 20.1 Å². The second-order valence-electron chi connectivity index (χ2n) is 5.62. The first-order valence-electron chi connectivity index (χ1n) is 7.86. The number of benzene rings is 2. The molecule has 6 heteroatoms. The molecule has 1 N–H and O–H groups in total. The Labute approximate surface area is 139 Å². The average molecular weight is 327 g/mol. The number of amides is 1. The van der Waals surface area contributed by atoms with Crippen molar-refractivity contribution < 1.29 is 23.7 Å². The van der Waals surface area contributed by atoms with E-state index in [1.807, 2.05) is 18.2 Å². The fourth-order valence-corrected chi connectivity index (χ4v) is 2.73. The summed E-state index contributed by atoms with van der Waals surface area (Å²) in [5, 5.41) is 2.92. The van der Waals surface area contributed by atoms with Crippen LogP contribution in [0.25, 0.3) is 0 Å². The second-order valence-corrected chi connectivity index (χ2v) is 5.62. The van der Waals surface area contributed by atoms with Crippen LogP contribution < -0.4 is 24.3 Å². The molecule has 0 saturated heterocycles. The fraction of sp³-hybridized carbons (Fsp3) is 0.278. The summed E-state index contributed by atoms with van der Waals surface area (Å²) in [6.45, 7) is 1.09. The summed E-state index contributed by atoms with van der Waals surface area (Å²) in [7, 11) is 0. The smallest absolute Gasteiger partial charge is 0.251 e. The molecule has 4 rings (SSSR count). The van der Waals surface area contributed by atoms with Crippen molar-refractivity contribution in [1.82, 2.24) is 5.32 Å². The summed E-state index contributed by atoms with van der Waals surface area (Å²) in [4.78, 5) is 12.2. The number of ether oxygens (including phenoxy) is 4. The number of carbonyl (C=O) groups is 1. The number of rotatable bonds is 5. The van der Waals surface area contributed by atoms with Gasteiger partial charge >= 0.3 is 0 Å². The Hall–Kier alpha value is -2.89. The van der Waals surface area contributed by atoms with Gasteiger partial charge in [-0.05, 0) is 48.7 Å². The molecule has 0 unspecified atom stereocenters. The first-order chi connectivity index (χ1) is 11.8. The molecule has 0 radical (unpaired) electrons. The summed E-state index contributed by atoms with van der Waals surface area (Å²) in [5.41, 5.74) is 1.74. The van der Waals surface area contributed by atoms with E-state index >= 15 is 0 Å². The highest BCUT2D eigenvalue weighted by atomic mass is 16.7. The molecule has 0 fully saturated rings. The third kappa shape index (κ3) is 2.95. The molecule has 2 aliphatic heterocycles. The Morgan fingerprint density at radius 3 is 2.33 bits per heavy atom. The number of nitrogens with one attached hydrogen (secondary N) is 1. The van der Waals surface area contributed by atoms with Crippen molar-refractivity contribution in [1.29, 1.82) is 0 Å². The van der Waals surface area contributed by atoms with Crippen molar-refractivity contribution in [2.24, 2.45) is 0 Å². The number of hydrogen-bond donors (Lipinski definition) is 1. The minimum atomic E-state index is -0.112. The lowest BCUT2D eigenvalue weighted by molar-refractivity contribution is 0.0952. The maximum absolute atomic E-state index is 12.2. The molecule has 0 aromatic heterocycles. The van der Waals surface area contributed by atoms with E-state index in [2.05, 4.69) is 5.32 Å². The van der Waals surface area contributed by atoms with Crippen LogP contribution in [0.2, 0.25) is 0 Å². The fourth-order valence-electron chi connectivity index (χ4n) is 2.73. The highest BCUT2D eigenvalue weighted by Gasteiger charge is 2.16. The summed E-state index contributed by atoms with van der Waals surface area (Å²) in [6, 6.07) is 11.1. The minimum absolute atomic E-state index is 0.112. The number of fused-ring (bicyclic) bond motifs is 2. The summed E-state index contributed by atoms with van der Waals surface area (Å²) < 4.78 is 21.2. The SMILES string of the molecule is O=C(NCCCc1ccc2c(c1)OCO2)c1ccc2c(c1)OCO2. The van der Waals surface area contributed by atoms with Gasteiger partial charge in [0.25, 0.3) is 5.91 Å². The van der Waals surface area contributed by atoms with Crippen molar-refractivity contribution in [2.45, 2.75) is 12.8 Å². The third-order valence-corrected chi connectivity index (χ3v) is 4.00. The third-order valence-electron chi connectivity index (χ3n) is 4.00. The normalized spacial score (nSPS) is 13.8. The highest BCUT2D eigenvalue weighted by molar-refractivity contribution is 5.94. The van der Waals surface area contributed by atoms with Crippen LogP contribution in [0.3, 0.4) is 0 Å². The molecule has 0 aliphatic carbocycles. The maximum atomic E-state index is 12.2. The van der Waals surface area contributed by atoms with Gasteiger partial charge in [0.05, 0.1) is 0 Å². The first kappa shape index (κ1) is 14.7. The molecular formula is C18H17NO5. The predicted molar refractivity (Wildman–Crippen MR) is 85.8 cm³/mol. The Morgan fingerprint density at radius 1 is 0.875 bits per heavy atom. The standard InChI is InChI=1S/C18H17NO5/c20-18(13-4-6-15-17(9-13)24-11-22-15)19-7-1-2-12-3-5-14-16(8-12)23-10-21-14/h3-6,8-9H,1-2,7,10-11H2,(H,19,20). The predicted octanol–water partition coefficient (Wildman–Crippen LogP) is 2.51. The van der Waals surface area contributed by atoms with Gasteiger partial charge in [-0.15, -0.1) is 0 Å². The topological polar surface area (TPSA) is 66.0 Å². The van der Waals surface area contributed by atoms with Crippen LogP contribution in [0, 0.1) is 0 Å². The zero-order chi connectivity index (χ0) is 16.4. The molecule has 2 aliphatic rings. The van der Waals surface area contributed by atoms with E-state index in [9.17, 15) is 4.79 Å².